The molecule has 0 aromatic heterocycles. The molecule has 0 aliphatic heterocycles. The molecule has 2 rings (SSSR count). The quantitative estimate of drug-likeness (QED) is 0.612. The molecule has 0 atom stereocenters. The Hall–Kier alpha value is -1.35. The molecular weight excluding hydrogens is 202 g/mol. The third kappa shape index (κ3) is 2.42. The summed E-state index contributed by atoms with van der Waals surface area (Å²) in [5.41, 5.74) is 3.79. The first-order valence-corrected chi connectivity index (χ1v) is 5.74. The third-order valence-corrected chi connectivity index (χ3v) is 3.11. The summed E-state index contributed by atoms with van der Waals surface area (Å²) in [4.78, 5) is 10.9. The minimum Gasteiger partial charge on any atom is -0.286 e. The van der Waals surface area contributed by atoms with Gasteiger partial charge in [-0.25, -0.2) is 5.06 Å². The Labute approximate surface area is 95.6 Å². The number of hydrogen-bond donors (Lipinski definition) is 1. The van der Waals surface area contributed by atoms with Crippen LogP contribution in [-0.4, -0.2) is 16.2 Å². The predicted molar refractivity (Wildman–Crippen MR) is 61.1 cm³/mol. The molecule has 0 heterocycles. The van der Waals surface area contributed by atoms with Gasteiger partial charge in [-0.15, -0.1) is 0 Å². The number of hydrogen-bond acceptors (Lipinski definition) is 2. The van der Waals surface area contributed by atoms with Gasteiger partial charge in [-0.1, -0.05) is 18.2 Å². The molecular formula is C13H17NO2. The van der Waals surface area contributed by atoms with Crippen molar-refractivity contribution in [1.82, 2.24) is 5.06 Å². The maximum absolute atomic E-state index is 10.9. The van der Waals surface area contributed by atoms with E-state index in [4.69, 9.17) is 0 Å². The van der Waals surface area contributed by atoms with Gasteiger partial charge >= 0.3 is 0 Å². The highest BCUT2D eigenvalue weighted by molar-refractivity contribution is 5.71. The lowest BCUT2D eigenvalue weighted by Crippen LogP contribution is -2.24. The number of benzene rings is 1. The molecule has 86 valence electrons. The van der Waals surface area contributed by atoms with Crippen LogP contribution in [-0.2, 0) is 24.2 Å². The summed E-state index contributed by atoms with van der Waals surface area (Å²) in [6.45, 7) is 1.64. The highest BCUT2D eigenvalue weighted by Crippen LogP contribution is 2.22. The van der Waals surface area contributed by atoms with Gasteiger partial charge in [0.2, 0.25) is 5.91 Å². The van der Waals surface area contributed by atoms with Crippen LogP contribution in [0.2, 0.25) is 0 Å². The summed E-state index contributed by atoms with van der Waals surface area (Å²) in [5, 5.41) is 10.1. The summed E-state index contributed by atoms with van der Waals surface area (Å²) in [6, 6.07) is 6.23. The van der Waals surface area contributed by atoms with E-state index in [9.17, 15) is 10.0 Å². The molecule has 1 aromatic rings. The average molecular weight is 219 g/mol. The fourth-order valence-corrected chi connectivity index (χ4v) is 2.17. The zero-order valence-corrected chi connectivity index (χ0v) is 9.57. The molecule has 3 nitrogen and oxygen atoms in total. The SMILES string of the molecule is CC(=O)N(O)Cc1ccc2c(c1)CCCC2. The standard InChI is InChI=1S/C13H17NO2/c1-10(15)14(16)9-11-6-7-12-4-2-3-5-13(12)8-11/h6-8,16H,2-5,9H2,1H3. The number of fused-ring (bicyclic) bond motifs is 1. The zero-order valence-electron chi connectivity index (χ0n) is 9.57. The van der Waals surface area contributed by atoms with Crippen molar-refractivity contribution < 1.29 is 10.0 Å². The second kappa shape index (κ2) is 4.66. The van der Waals surface area contributed by atoms with Crippen LogP contribution in [0.5, 0.6) is 0 Å². The minimum absolute atomic E-state index is 0.280. The zero-order chi connectivity index (χ0) is 11.5. The normalized spacial score (nSPS) is 14.4. The maximum atomic E-state index is 10.9. The van der Waals surface area contributed by atoms with Crippen LogP contribution in [0.25, 0.3) is 0 Å². The first kappa shape index (κ1) is 11.1. The predicted octanol–water partition coefficient (Wildman–Crippen LogP) is 2.30. The highest BCUT2D eigenvalue weighted by Gasteiger charge is 2.11. The summed E-state index contributed by atoms with van der Waals surface area (Å²) >= 11 is 0. The Balaban J connectivity index is 2.14. The van der Waals surface area contributed by atoms with Crippen molar-refractivity contribution in [1.29, 1.82) is 0 Å². The summed E-state index contributed by atoms with van der Waals surface area (Å²) in [5.74, 6) is -0.322. The van der Waals surface area contributed by atoms with E-state index < -0.39 is 0 Å². The van der Waals surface area contributed by atoms with Crippen molar-refractivity contribution >= 4 is 5.91 Å². The monoisotopic (exact) mass is 219 g/mol. The number of hydroxylamine groups is 2. The molecule has 1 aliphatic rings. The van der Waals surface area contributed by atoms with Gasteiger partial charge in [-0.3, -0.25) is 10.0 Å². The first-order valence-electron chi connectivity index (χ1n) is 5.74. The van der Waals surface area contributed by atoms with Crippen LogP contribution in [0.15, 0.2) is 18.2 Å². The Kier molecular flexibility index (Phi) is 3.25. The second-order valence-electron chi connectivity index (χ2n) is 4.39. The number of nitrogens with zero attached hydrogens (tertiary/aromatic N) is 1. The van der Waals surface area contributed by atoms with Crippen LogP contribution in [0.1, 0.15) is 36.5 Å². The topological polar surface area (TPSA) is 40.5 Å². The van der Waals surface area contributed by atoms with Crippen molar-refractivity contribution in [3.63, 3.8) is 0 Å². The van der Waals surface area contributed by atoms with E-state index in [-0.39, 0.29) is 12.5 Å². The molecule has 0 saturated heterocycles. The van der Waals surface area contributed by atoms with Crippen LogP contribution < -0.4 is 0 Å². The van der Waals surface area contributed by atoms with E-state index in [1.165, 1.54) is 30.9 Å². The van der Waals surface area contributed by atoms with Gasteiger partial charge in [0, 0.05) is 6.92 Å². The molecule has 0 spiro atoms. The second-order valence-corrected chi connectivity index (χ2v) is 4.39. The summed E-state index contributed by atoms with van der Waals surface area (Å²) in [7, 11) is 0. The van der Waals surface area contributed by atoms with Crippen molar-refractivity contribution in [2.24, 2.45) is 0 Å². The average Bonchev–Trinajstić information content (AvgIpc) is 2.28. The minimum atomic E-state index is -0.322. The Morgan fingerprint density at radius 1 is 1.31 bits per heavy atom. The van der Waals surface area contributed by atoms with Crippen molar-refractivity contribution in [3.05, 3.63) is 34.9 Å². The van der Waals surface area contributed by atoms with Gasteiger partial charge in [0.1, 0.15) is 0 Å². The van der Waals surface area contributed by atoms with Gasteiger partial charge in [-0.2, -0.15) is 0 Å². The van der Waals surface area contributed by atoms with E-state index in [1.807, 2.05) is 6.07 Å². The van der Waals surface area contributed by atoms with E-state index in [0.29, 0.717) is 0 Å². The summed E-state index contributed by atoms with van der Waals surface area (Å²) < 4.78 is 0. The van der Waals surface area contributed by atoms with Gasteiger partial charge in [0.05, 0.1) is 6.54 Å². The first-order chi connectivity index (χ1) is 7.66. The van der Waals surface area contributed by atoms with E-state index in [2.05, 4.69) is 12.1 Å². The van der Waals surface area contributed by atoms with E-state index in [1.54, 1.807) is 0 Å². The van der Waals surface area contributed by atoms with Gasteiger partial charge < -0.3 is 0 Å². The molecule has 1 N–H and O–H groups in total. The van der Waals surface area contributed by atoms with E-state index in [0.717, 1.165) is 23.5 Å². The number of aryl methyl sites for hydroxylation is 2. The van der Waals surface area contributed by atoms with E-state index >= 15 is 0 Å². The largest absolute Gasteiger partial charge is 0.286 e. The fourth-order valence-electron chi connectivity index (χ4n) is 2.17. The van der Waals surface area contributed by atoms with Crippen LogP contribution in [0.3, 0.4) is 0 Å². The van der Waals surface area contributed by atoms with Gasteiger partial charge in [0.25, 0.3) is 0 Å². The van der Waals surface area contributed by atoms with Crippen molar-refractivity contribution in [3.8, 4) is 0 Å². The molecule has 3 heteroatoms. The molecule has 16 heavy (non-hydrogen) atoms. The number of carbonyl (C=O) groups is 1. The smallest absolute Gasteiger partial charge is 0.243 e. The van der Waals surface area contributed by atoms with Crippen LogP contribution in [0.4, 0.5) is 0 Å². The summed E-state index contributed by atoms with van der Waals surface area (Å²) in [6.07, 6.45) is 4.79. The Morgan fingerprint density at radius 2 is 2.00 bits per heavy atom. The molecule has 0 fully saturated rings. The lowest BCUT2D eigenvalue weighted by molar-refractivity contribution is -0.165. The van der Waals surface area contributed by atoms with Crippen molar-refractivity contribution in [2.45, 2.75) is 39.2 Å². The van der Waals surface area contributed by atoms with Gasteiger partial charge in [-0.05, 0) is 42.4 Å². The Morgan fingerprint density at radius 3 is 2.69 bits per heavy atom. The Bertz CT molecular complexity index is 401. The van der Waals surface area contributed by atoms with Gasteiger partial charge in [0.15, 0.2) is 0 Å². The molecule has 0 unspecified atom stereocenters. The number of rotatable bonds is 2. The lowest BCUT2D eigenvalue weighted by atomic mass is 9.90. The highest BCUT2D eigenvalue weighted by atomic mass is 16.5. The number of amides is 1. The molecule has 0 bridgehead atoms. The number of carbonyl (C=O) groups excluding carboxylic acids is 1. The van der Waals surface area contributed by atoms with Crippen molar-refractivity contribution in [2.75, 3.05) is 0 Å². The van der Waals surface area contributed by atoms with Crippen LogP contribution >= 0.6 is 0 Å². The van der Waals surface area contributed by atoms with Crippen LogP contribution in [0, 0.1) is 0 Å². The third-order valence-electron chi connectivity index (χ3n) is 3.11. The molecule has 1 aliphatic carbocycles. The maximum Gasteiger partial charge on any atom is 0.243 e. The molecule has 0 radical (unpaired) electrons. The fraction of sp³-hybridized carbons (Fsp3) is 0.462. The lowest BCUT2D eigenvalue weighted by Gasteiger charge is -2.18. The molecule has 1 amide bonds. The molecule has 0 saturated carbocycles. The molecule has 1 aromatic carbocycles.